The van der Waals surface area contributed by atoms with Crippen LogP contribution in [0.1, 0.15) is 23.2 Å². The normalized spacial score (nSPS) is 16.9. The molecule has 2 aromatic rings. The average molecular weight is 337 g/mol. The number of aryl methyl sites for hydroxylation is 1. The number of halogens is 2. The molecule has 0 fully saturated rings. The number of carboxylic acid groups (broad SMARTS) is 1. The van der Waals surface area contributed by atoms with E-state index in [1.165, 1.54) is 22.9 Å². The van der Waals surface area contributed by atoms with Crippen molar-refractivity contribution >= 4 is 17.6 Å². The number of aromatic nitrogens is 2. The molecule has 0 spiro atoms. The van der Waals surface area contributed by atoms with Crippen molar-refractivity contribution in [3.8, 4) is 0 Å². The van der Waals surface area contributed by atoms with Crippen molar-refractivity contribution in [3.05, 3.63) is 62.3 Å². The van der Waals surface area contributed by atoms with Gasteiger partial charge in [0.25, 0.3) is 5.56 Å². The monoisotopic (exact) mass is 336 g/mol. The summed E-state index contributed by atoms with van der Waals surface area (Å²) in [5.41, 5.74) is 1.16. The summed E-state index contributed by atoms with van der Waals surface area (Å²) in [7, 11) is 0. The maximum atomic E-state index is 13.9. The van der Waals surface area contributed by atoms with Crippen LogP contribution in [0.3, 0.4) is 0 Å². The topological polar surface area (TPSA) is 72.2 Å². The molecule has 1 aromatic carbocycles. The first-order chi connectivity index (χ1) is 11.0. The molecule has 0 bridgehead atoms. The molecule has 3 rings (SSSR count). The molecule has 1 aliphatic rings. The Labute approximate surface area is 136 Å². The molecule has 0 unspecified atom stereocenters. The van der Waals surface area contributed by atoms with E-state index >= 15 is 0 Å². The number of rotatable bonds is 3. The molecule has 120 valence electrons. The SMILES string of the molecule is O=C(O)[C@@H]1CCc2nn(Cc3c(F)cccc3Cl)c(=O)cc2C1. The third-order valence-corrected chi connectivity index (χ3v) is 4.43. The van der Waals surface area contributed by atoms with E-state index in [4.69, 9.17) is 16.7 Å². The van der Waals surface area contributed by atoms with Gasteiger partial charge in [-0.25, -0.2) is 9.07 Å². The van der Waals surface area contributed by atoms with E-state index in [1.54, 1.807) is 6.07 Å². The molecule has 5 nitrogen and oxygen atoms in total. The van der Waals surface area contributed by atoms with E-state index in [9.17, 15) is 14.0 Å². The van der Waals surface area contributed by atoms with E-state index in [1.807, 2.05) is 0 Å². The van der Waals surface area contributed by atoms with Gasteiger partial charge < -0.3 is 5.11 Å². The van der Waals surface area contributed by atoms with E-state index in [0.29, 0.717) is 30.5 Å². The Morgan fingerprint density at radius 3 is 2.96 bits per heavy atom. The molecule has 1 aliphatic carbocycles. The quantitative estimate of drug-likeness (QED) is 0.933. The first-order valence-corrected chi connectivity index (χ1v) is 7.59. The Hall–Kier alpha value is -2.21. The number of aliphatic carboxylic acids is 1. The van der Waals surface area contributed by atoms with Crippen LogP contribution in [0.5, 0.6) is 0 Å². The van der Waals surface area contributed by atoms with Gasteiger partial charge in [-0.3, -0.25) is 9.59 Å². The fraction of sp³-hybridized carbons (Fsp3) is 0.312. The third kappa shape index (κ3) is 3.12. The van der Waals surface area contributed by atoms with Crippen molar-refractivity contribution in [2.75, 3.05) is 0 Å². The number of hydrogen-bond acceptors (Lipinski definition) is 3. The summed E-state index contributed by atoms with van der Waals surface area (Å²) in [5.74, 6) is -1.84. The van der Waals surface area contributed by atoms with E-state index in [-0.39, 0.29) is 17.1 Å². The molecule has 0 saturated carbocycles. The molecule has 1 atom stereocenters. The molecule has 0 radical (unpaired) electrons. The highest BCUT2D eigenvalue weighted by Crippen LogP contribution is 2.24. The van der Waals surface area contributed by atoms with Crippen LogP contribution in [0.25, 0.3) is 0 Å². The van der Waals surface area contributed by atoms with Crippen LogP contribution in [0.2, 0.25) is 5.02 Å². The number of fused-ring (bicyclic) bond motifs is 1. The Bertz CT molecular complexity index is 814. The molecular formula is C16H14ClFN2O3. The van der Waals surface area contributed by atoms with Crippen molar-refractivity contribution in [1.29, 1.82) is 0 Å². The molecule has 1 heterocycles. The summed E-state index contributed by atoms with van der Waals surface area (Å²) in [5, 5.41) is 13.6. The zero-order valence-electron chi connectivity index (χ0n) is 12.1. The third-order valence-electron chi connectivity index (χ3n) is 4.08. The highest BCUT2D eigenvalue weighted by atomic mass is 35.5. The van der Waals surface area contributed by atoms with Gasteiger partial charge in [0.1, 0.15) is 5.82 Å². The average Bonchev–Trinajstić information content (AvgIpc) is 2.50. The van der Waals surface area contributed by atoms with Crippen LogP contribution in [-0.4, -0.2) is 20.9 Å². The second-order valence-electron chi connectivity index (χ2n) is 5.59. The number of benzene rings is 1. The van der Waals surface area contributed by atoms with E-state index in [0.717, 1.165) is 0 Å². The van der Waals surface area contributed by atoms with Crippen molar-refractivity contribution in [2.24, 2.45) is 5.92 Å². The van der Waals surface area contributed by atoms with Gasteiger partial charge in [0.2, 0.25) is 0 Å². The van der Waals surface area contributed by atoms with Crippen molar-refractivity contribution in [2.45, 2.75) is 25.8 Å². The van der Waals surface area contributed by atoms with Gasteiger partial charge in [-0.05, 0) is 37.0 Å². The van der Waals surface area contributed by atoms with Crippen LogP contribution in [0.4, 0.5) is 4.39 Å². The molecule has 1 aromatic heterocycles. The first kappa shape index (κ1) is 15.7. The summed E-state index contributed by atoms with van der Waals surface area (Å²) >= 11 is 5.98. The lowest BCUT2D eigenvalue weighted by Crippen LogP contribution is -2.30. The van der Waals surface area contributed by atoms with Gasteiger partial charge >= 0.3 is 5.97 Å². The highest BCUT2D eigenvalue weighted by Gasteiger charge is 2.26. The van der Waals surface area contributed by atoms with Crippen molar-refractivity contribution in [1.82, 2.24) is 9.78 Å². The summed E-state index contributed by atoms with van der Waals surface area (Å²) in [4.78, 5) is 23.3. The van der Waals surface area contributed by atoms with E-state index < -0.39 is 23.3 Å². The lowest BCUT2D eigenvalue weighted by molar-refractivity contribution is -0.142. The molecule has 7 heteroatoms. The zero-order valence-corrected chi connectivity index (χ0v) is 12.9. The van der Waals surface area contributed by atoms with Gasteiger partial charge in [-0.15, -0.1) is 0 Å². The molecule has 0 aliphatic heterocycles. The van der Waals surface area contributed by atoms with Crippen LogP contribution in [0, 0.1) is 11.7 Å². The molecular weight excluding hydrogens is 323 g/mol. The smallest absolute Gasteiger partial charge is 0.306 e. The second kappa shape index (κ2) is 6.12. The molecule has 0 amide bonds. The highest BCUT2D eigenvalue weighted by molar-refractivity contribution is 6.31. The maximum absolute atomic E-state index is 13.9. The number of carboxylic acids is 1. The molecule has 0 saturated heterocycles. The summed E-state index contributed by atoms with van der Waals surface area (Å²) in [6, 6.07) is 5.73. The summed E-state index contributed by atoms with van der Waals surface area (Å²) in [6.07, 6.45) is 1.26. The van der Waals surface area contributed by atoms with Crippen molar-refractivity contribution in [3.63, 3.8) is 0 Å². The Morgan fingerprint density at radius 2 is 2.26 bits per heavy atom. The number of carbonyl (C=O) groups is 1. The fourth-order valence-electron chi connectivity index (χ4n) is 2.79. The molecule has 1 N–H and O–H groups in total. The summed E-state index contributed by atoms with van der Waals surface area (Å²) in [6.45, 7) is -0.0556. The van der Waals surface area contributed by atoms with Gasteiger partial charge in [-0.1, -0.05) is 17.7 Å². The standard InChI is InChI=1S/C16H14ClFN2O3/c17-12-2-1-3-13(18)11(12)8-20-15(21)7-10-6-9(16(22)23)4-5-14(10)19-20/h1-3,7,9H,4-6,8H2,(H,22,23)/t9-/m1/s1. The minimum absolute atomic E-state index is 0.0556. The predicted octanol–water partition coefficient (Wildman–Crippen LogP) is 2.27. The lowest BCUT2D eigenvalue weighted by atomic mass is 9.87. The minimum Gasteiger partial charge on any atom is -0.481 e. The van der Waals surface area contributed by atoms with Gasteiger partial charge in [0, 0.05) is 16.7 Å². The zero-order chi connectivity index (χ0) is 16.6. The number of hydrogen-bond donors (Lipinski definition) is 1. The van der Waals surface area contributed by atoms with Crippen LogP contribution in [-0.2, 0) is 24.2 Å². The Balaban J connectivity index is 1.94. The number of nitrogens with zero attached hydrogens (tertiary/aromatic N) is 2. The van der Waals surface area contributed by atoms with Gasteiger partial charge in [0.05, 0.1) is 18.2 Å². The van der Waals surface area contributed by atoms with Crippen LogP contribution >= 0.6 is 11.6 Å². The van der Waals surface area contributed by atoms with Crippen LogP contribution in [0.15, 0.2) is 29.1 Å². The van der Waals surface area contributed by atoms with Crippen LogP contribution < -0.4 is 5.56 Å². The molecule has 23 heavy (non-hydrogen) atoms. The largest absolute Gasteiger partial charge is 0.481 e. The first-order valence-electron chi connectivity index (χ1n) is 7.21. The lowest BCUT2D eigenvalue weighted by Gasteiger charge is -2.21. The minimum atomic E-state index is -0.863. The summed E-state index contributed by atoms with van der Waals surface area (Å²) < 4.78 is 15.0. The van der Waals surface area contributed by atoms with Crippen molar-refractivity contribution < 1.29 is 14.3 Å². The van der Waals surface area contributed by atoms with E-state index in [2.05, 4.69) is 5.10 Å². The van der Waals surface area contributed by atoms with Gasteiger partial charge in [-0.2, -0.15) is 5.10 Å². The van der Waals surface area contributed by atoms with Gasteiger partial charge in [0.15, 0.2) is 0 Å². The second-order valence-corrected chi connectivity index (χ2v) is 6.00. The predicted molar refractivity (Wildman–Crippen MR) is 82.2 cm³/mol. The maximum Gasteiger partial charge on any atom is 0.306 e. The Kier molecular flexibility index (Phi) is 4.17. The fourth-order valence-corrected chi connectivity index (χ4v) is 3.01. The Morgan fingerprint density at radius 1 is 1.48 bits per heavy atom.